The number of aromatic nitrogens is 2. The first-order valence-electron chi connectivity index (χ1n) is 8.44. The van der Waals surface area contributed by atoms with Gasteiger partial charge in [-0.25, -0.2) is 0 Å². The molecule has 24 heavy (non-hydrogen) atoms. The number of ether oxygens (including phenoxy) is 2. The third-order valence-corrected chi connectivity index (χ3v) is 4.70. The van der Waals surface area contributed by atoms with Gasteiger partial charge >= 0.3 is 0 Å². The van der Waals surface area contributed by atoms with E-state index in [4.69, 9.17) is 14.0 Å². The lowest BCUT2D eigenvalue weighted by atomic mass is 9.74. The van der Waals surface area contributed by atoms with E-state index in [2.05, 4.69) is 15.0 Å². The SMILES string of the molecule is COCCC[C@@]1(CO)CN(Cc2nc(CCOC)no2)CC[C@H]1O. The maximum atomic E-state index is 10.4. The molecular formula is C16H29N3O5. The molecule has 0 unspecified atom stereocenters. The maximum absolute atomic E-state index is 10.4. The predicted molar refractivity (Wildman–Crippen MR) is 86.4 cm³/mol. The molecule has 8 nitrogen and oxygen atoms in total. The first-order chi connectivity index (χ1) is 11.6. The molecule has 0 aliphatic carbocycles. The number of piperidine rings is 1. The van der Waals surface area contributed by atoms with E-state index in [-0.39, 0.29) is 6.61 Å². The zero-order valence-corrected chi connectivity index (χ0v) is 14.6. The van der Waals surface area contributed by atoms with E-state index in [9.17, 15) is 10.2 Å². The third kappa shape index (κ3) is 4.97. The minimum Gasteiger partial charge on any atom is -0.396 e. The molecular weight excluding hydrogens is 314 g/mol. The molecule has 1 aromatic heterocycles. The van der Waals surface area contributed by atoms with Gasteiger partial charge in [0.2, 0.25) is 5.89 Å². The van der Waals surface area contributed by atoms with Crippen LogP contribution in [0.2, 0.25) is 0 Å². The Morgan fingerprint density at radius 3 is 2.83 bits per heavy atom. The van der Waals surface area contributed by atoms with Gasteiger partial charge < -0.3 is 24.2 Å². The van der Waals surface area contributed by atoms with E-state index < -0.39 is 11.5 Å². The number of likely N-dealkylation sites (tertiary alicyclic amines) is 1. The Bertz CT molecular complexity index is 484. The molecule has 0 aromatic carbocycles. The van der Waals surface area contributed by atoms with E-state index in [0.717, 1.165) is 19.4 Å². The monoisotopic (exact) mass is 343 g/mol. The van der Waals surface area contributed by atoms with Crippen molar-refractivity contribution >= 4 is 0 Å². The number of rotatable bonds is 10. The highest BCUT2D eigenvalue weighted by atomic mass is 16.5. The molecule has 2 atom stereocenters. The fourth-order valence-corrected chi connectivity index (χ4v) is 3.26. The Labute approximate surface area is 142 Å². The molecule has 0 spiro atoms. The van der Waals surface area contributed by atoms with Gasteiger partial charge in [-0.3, -0.25) is 4.90 Å². The first-order valence-corrected chi connectivity index (χ1v) is 8.44. The molecule has 0 radical (unpaired) electrons. The van der Waals surface area contributed by atoms with Crippen LogP contribution in [-0.4, -0.2) is 78.5 Å². The van der Waals surface area contributed by atoms with Crippen molar-refractivity contribution in [2.24, 2.45) is 5.41 Å². The summed E-state index contributed by atoms with van der Waals surface area (Å²) in [5.41, 5.74) is -0.518. The molecule has 138 valence electrons. The van der Waals surface area contributed by atoms with Crippen LogP contribution in [0, 0.1) is 5.41 Å². The quantitative estimate of drug-likeness (QED) is 0.582. The lowest BCUT2D eigenvalue weighted by Crippen LogP contribution is -2.53. The Morgan fingerprint density at radius 2 is 2.12 bits per heavy atom. The predicted octanol–water partition coefficient (Wildman–Crippen LogP) is 0.230. The Balaban J connectivity index is 1.94. The van der Waals surface area contributed by atoms with Crippen molar-refractivity contribution in [3.05, 3.63) is 11.7 Å². The van der Waals surface area contributed by atoms with Crippen LogP contribution in [0.5, 0.6) is 0 Å². The molecule has 0 saturated carbocycles. The lowest BCUT2D eigenvalue weighted by Gasteiger charge is -2.45. The van der Waals surface area contributed by atoms with Crippen LogP contribution in [-0.2, 0) is 22.4 Å². The van der Waals surface area contributed by atoms with Crippen molar-refractivity contribution in [3.63, 3.8) is 0 Å². The summed E-state index contributed by atoms with van der Waals surface area (Å²) in [5.74, 6) is 1.19. The molecule has 2 heterocycles. The number of hydrogen-bond donors (Lipinski definition) is 2. The van der Waals surface area contributed by atoms with Gasteiger partial charge in [0.05, 0.1) is 25.9 Å². The fourth-order valence-electron chi connectivity index (χ4n) is 3.26. The van der Waals surface area contributed by atoms with Gasteiger partial charge in [-0.15, -0.1) is 0 Å². The molecule has 0 bridgehead atoms. The maximum Gasteiger partial charge on any atom is 0.240 e. The van der Waals surface area contributed by atoms with Gasteiger partial charge in [-0.1, -0.05) is 5.16 Å². The van der Waals surface area contributed by atoms with Crippen LogP contribution in [0.3, 0.4) is 0 Å². The average molecular weight is 343 g/mol. The summed E-state index contributed by atoms with van der Waals surface area (Å²) < 4.78 is 15.4. The van der Waals surface area contributed by atoms with Gasteiger partial charge in [0.25, 0.3) is 0 Å². The second-order valence-electron chi connectivity index (χ2n) is 6.48. The second kappa shape index (κ2) is 9.43. The normalized spacial score (nSPS) is 25.2. The summed E-state index contributed by atoms with van der Waals surface area (Å²) in [7, 11) is 3.30. The smallest absolute Gasteiger partial charge is 0.240 e. The van der Waals surface area contributed by atoms with Crippen LogP contribution in [0.25, 0.3) is 0 Å². The molecule has 1 aliphatic rings. The number of methoxy groups -OCH3 is 2. The fraction of sp³-hybridized carbons (Fsp3) is 0.875. The van der Waals surface area contributed by atoms with Crippen LogP contribution >= 0.6 is 0 Å². The van der Waals surface area contributed by atoms with Crippen LogP contribution in [0.4, 0.5) is 0 Å². The largest absolute Gasteiger partial charge is 0.396 e. The van der Waals surface area contributed by atoms with Crippen molar-refractivity contribution in [1.82, 2.24) is 15.0 Å². The lowest BCUT2D eigenvalue weighted by molar-refractivity contribution is -0.0858. The summed E-state index contributed by atoms with van der Waals surface area (Å²) in [4.78, 5) is 6.52. The minimum atomic E-state index is -0.518. The van der Waals surface area contributed by atoms with Crippen molar-refractivity contribution in [3.8, 4) is 0 Å². The van der Waals surface area contributed by atoms with E-state index in [0.29, 0.717) is 50.9 Å². The summed E-state index contributed by atoms with van der Waals surface area (Å²) >= 11 is 0. The molecule has 1 aliphatic heterocycles. The van der Waals surface area contributed by atoms with Gasteiger partial charge in [0, 0.05) is 45.8 Å². The molecule has 2 rings (SSSR count). The Hall–Kier alpha value is -1.06. The van der Waals surface area contributed by atoms with E-state index >= 15 is 0 Å². The molecule has 1 saturated heterocycles. The van der Waals surface area contributed by atoms with Crippen LogP contribution in [0.15, 0.2) is 4.52 Å². The van der Waals surface area contributed by atoms with Crippen molar-refractivity contribution < 1.29 is 24.2 Å². The molecule has 0 amide bonds. The van der Waals surface area contributed by atoms with Crippen LogP contribution in [0.1, 0.15) is 31.0 Å². The Morgan fingerprint density at radius 1 is 1.33 bits per heavy atom. The van der Waals surface area contributed by atoms with Crippen molar-refractivity contribution in [1.29, 1.82) is 0 Å². The molecule has 1 fully saturated rings. The second-order valence-corrected chi connectivity index (χ2v) is 6.48. The molecule has 1 aromatic rings. The topological polar surface area (TPSA) is 101 Å². The summed E-state index contributed by atoms with van der Waals surface area (Å²) in [6.07, 6.45) is 2.27. The van der Waals surface area contributed by atoms with E-state index in [1.807, 2.05) is 0 Å². The van der Waals surface area contributed by atoms with Gasteiger partial charge in [0.15, 0.2) is 5.82 Å². The summed E-state index contributed by atoms with van der Waals surface area (Å²) in [6.45, 7) is 3.01. The van der Waals surface area contributed by atoms with Crippen molar-refractivity contribution in [2.75, 3.05) is 47.1 Å². The summed E-state index contributed by atoms with van der Waals surface area (Å²) in [5, 5.41) is 24.3. The minimum absolute atomic E-state index is 0.0443. The number of aliphatic hydroxyl groups excluding tert-OH is 2. The van der Waals surface area contributed by atoms with Gasteiger partial charge in [-0.05, 0) is 19.3 Å². The zero-order valence-electron chi connectivity index (χ0n) is 14.6. The summed E-state index contributed by atoms with van der Waals surface area (Å²) in [6, 6.07) is 0. The van der Waals surface area contributed by atoms with E-state index in [1.54, 1.807) is 14.2 Å². The number of hydrogen-bond acceptors (Lipinski definition) is 8. The first kappa shape index (κ1) is 19.3. The van der Waals surface area contributed by atoms with Crippen molar-refractivity contribution in [2.45, 2.75) is 38.3 Å². The number of aliphatic hydroxyl groups is 2. The van der Waals surface area contributed by atoms with Gasteiger partial charge in [-0.2, -0.15) is 4.98 Å². The number of nitrogens with zero attached hydrogens (tertiary/aromatic N) is 3. The molecule has 2 N–H and O–H groups in total. The van der Waals surface area contributed by atoms with Crippen LogP contribution < -0.4 is 0 Å². The van der Waals surface area contributed by atoms with E-state index in [1.165, 1.54) is 0 Å². The molecule has 8 heteroatoms. The zero-order chi connectivity index (χ0) is 17.4. The van der Waals surface area contributed by atoms with Gasteiger partial charge in [0.1, 0.15) is 0 Å². The standard InChI is InChI=1S/C16H29N3O5/c1-22-8-3-6-16(12-20)11-19(7-4-13(16)21)10-15-17-14(18-24-15)5-9-23-2/h13,20-21H,3-12H2,1-2H3/t13-,16+/m1/s1. The highest BCUT2D eigenvalue weighted by Crippen LogP contribution is 2.35. The highest BCUT2D eigenvalue weighted by molar-refractivity contribution is 4.95. The highest BCUT2D eigenvalue weighted by Gasteiger charge is 2.42. The third-order valence-electron chi connectivity index (χ3n) is 4.70. The Kier molecular flexibility index (Phi) is 7.57. The average Bonchev–Trinajstić information content (AvgIpc) is 3.03.